The van der Waals surface area contributed by atoms with Gasteiger partial charge in [0, 0.05) is 37.9 Å². The van der Waals surface area contributed by atoms with Gasteiger partial charge in [-0.1, -0.05) is 6.07 Å². The van der Waals surface area contributed by atoms with Crippen LogP contribution in [-0.2, 0) is 16.1 Å². The highest BCUT2D eigenvalue weighted by atomic mass is 16.2. The summed E-state index contributed by atoms with van der Waals surface area (Å²) in [4.78, 5) is 29.4. The minimum absolute atomic E-state index is 0.0510. The molecule has 2 amide bonds. The molecule has 0 aliphatic carbocycles. The highest BCUT2D eigenvalue weighted by Crippen LogP contribution is 2.17. The first-order valence-corrected chi connectivity index (χ1v) is 6.57. The van der Waals surface area contributed by atoms with Crippen LogP contribution in [0.1, 0.15) is 24.6 Å². The third-order valence-corrected chi connectivity index (χ3v) is 3.41. The zero-order valence-corrected chi connectivity index (χ0v) is 11.3. The number of aromatic nitrogens is 1. The first kappa shape index (κ1) is 13.5. The van der Waals surface area contributed by atoms with E-state index in [1.54, 1.807) is 11.1 Å². The molecule has 0 aromatic carbocycles. The van der Waals surface area contributed by atoms with E-state index in [-0.39, 0.29) is 17.7 Å². The number of hydrogen-bond donors (Lipinski definition) is 1. The molecule has 1 aliphatic heterocycles. The Hall–Kier alpha value is -1.91. The van der Waals surface area contributed by atoms with Crippen LogP contribution in [0, 0.1) is 12.8 Å². The van der Waals surface area contributed by atoms with Gasteiger partial charge < -0.3 is 10.2 Å². The van der Waals surface area contributed by atoms with Gasteiger partial charge >= 0.3 is 0 Å². The molecule has 1 unspecified atom stereocenters. The summed E-state index contributed by atoms with van der Waals surface area (Å²) in [7, 11) is 0. The molecule has 2 heterocycles. The second-order valence-electron chi connectivity index (χ2n) is 4.86. The van der Waals surface area contributed by atoms with Gasteiger partial charge in [-0.2, -0.15) is 0 Å². The summed E-state index contributed by atoms with van der Waals surface area (Å²) in [5.74, 6) is -0.199. The maximum absolute atomic E-state index is 12.0. The van der Waals surface area contributed by atoms with Crippen molar-refractivity contribution in [3.8, 4) is 0 Å². The van der Waals surface area contributed by atoms with Crippen molar-refractivity contribution >= 4 is 11.8 Å². The van der Waals surface area contributed by atoms with Crippen molar-refractivity contribution in [2.24, 2.45) is 5.92 Å². The van der Waals surface area contributed by atoms with Crippen molar-refractivity contribution in [1.29, 1.82) is 0 Å². The van der Waals surface area contributed by atoms with Gasteiger partial charge in [-0.3, -0.25) is 14.6 Å². The van der Waals surface area contributed by atoms with Gasteiger partial charge in [0.1, 0.15) is 0 Å². The predicted molar refractivity (Wildman–Crippen MR) is 71.2 cm³/mol. The summed E-state index contributed by atoms with van der Waals surface area (Å²) in [6.07, 6.45) is 2.08. The molecule has 1 N–H and O–H groups in total. The Balaban J connectivity index is 1.85. The number of carbonyl (C=O) groups is 2. The van der Waals surface area contributed by atoms with Crippen LogP contribution in [-0.4, -0.2) is 34.8 Å². The smallest absolute Gasteiger partial charge is 0.225 e. The molecule has 0 saturated carbocycles. The number of amides is 2. The van der Waals surface area contributed by atoms with E-state index in [0.717, 1.165) is 11.3 Å². The molecule has 19 heavy (non-hydrogen) atoms. The summed E-state index contributed by atoms with van der Waals surface area (Å²) in [5.41, 5.74) is 1.92. The minimum atomic E-state index is -0.217. The van der Waals surface area contributed by atoms with E-state index in [4.69, 9.17) is 0 Å². The first-order chi connectivity index (χ1) is 9.10. The normalized spacial score (nSPS) is 18.7. The molecular weight excluding hydrogens is 242 g/mol. The molecule has 1 atom stereocenters. The number of rotatable bonds is 4. The van der Waals surface area contributed by atoms with E-state index >= 15 is 0 Å². The molecule has 1 saturated heterocycles. The van der Waals surface area contributed by atoms with Crippen molar-refractivity contribution in [2.75, 3.05) is 13.1 Å². The van der Waals surface area contributed by atoms with Crippen LogP contribution in [0.3, 0.4) is 0 Å². The van der Waals surface area contributed by atoms with Crippen molar-refractivity contribution < 1.29 is 9.59 Å². The van der Waals surface area contributed by atoms with Crippen LogP contribution in [0.5, 0.6) is 0 Å². The Kier molecular flexibility index (Phi) is 4.14. The molecule has 0 spiro atoms. The molecule has 5 heteroatoms. The molecule has 102 valence electrons. The quantitative estimate of drug-likeness (QED) is 0.875. The summed E-state index contributed by atoms with van der Waals surface area (Å²) < 4.78 is 0. The molecule has 1 aliphatic rings. The van der Waals surface area contributed by atoms with E-state index < -0.39 is 0 Å². The van der Waals surface area contributed by atoms with Crippen LogP contribution in [0.2, 0.25) is 0 Å². The number of nitrogens with zero attached hydrogens (tertiary/aromatic N) is 2. The number of pyridine rings is 1. The van der Waals surface area contributed by atoms with E-state index in [2.05, 4.69) is 10.3 Å². The van der Waals surface area contributed by atoms with E-state index in [1.165, 1.54) is 0 Å². The van der Waals surface area contributed by atoms with Crippen LogP contribution >= 0.6 is 0 Å². The van der Waals surface area contributed by atoms with Gasteiger partial charge in [0.2, 0.25) is 11.8 Å². The molecule has 1 aromatic rings. The van der Waals surface area contributed by atoms with Gasteiger partial charge in [0.25, 0.3) is 0 Å². The standard InChI is InChI=1S/C14H19N3O2/c1-3-17-9-12(6-13(17)18)14(19)16-8-11-5-4-10(2)15-7-11/h4-5,7,12H,3,6,8-9H2,1-2H3,(H,16,19). The monoisotopic (exact) mass is 261 g/mol. The van der Waals surface area contributed by atoms with Crippen molar-refractivity contribution in [3.05, 3.63) is 29.6 Å². The third kappa shape index (κ3) is 3.30. The zero-order chi connectivity index (χ0) is 13.8. The number of likely N-dealkylation sites (tertiary alicyclic amines) is 1. The highest BCUT2D eigenvalue weighted by molar-refractivity contribution is 5.89. The minimum Gasteiger partial charge on any atom is -0.352 e. The maximum atomic E-state index is 12.0. The maximum Gasteiger partial charge on any atom is 0.225 e. The molecular formula is C14H19N3O2. The van der Waals surface area contributed by atoms with Gasteiger partial charge in [0.15, 0.2) is 0 Å². The average molecular weight is 261 g/mol. The first-order valence-electron chi connectivity index (χ1n) is 6.57. The Morgan fingerprint density at radius 1 is 1.53 bits per heavy atom. The molecule has 1 aromatic heterocycles. The van der Waals surface area contributed by atoms with Gasteiger partial charge in [-0.15, -0.1) is 0 Å². The second-order valence-corrected chi connectivity index (χ2v) is 4.86. The molecule has 0 radical (unpaired) electrons. The Bertz CT molecular complexity index is 470. The fourth-order valence-electron chi connectivity index (χ4n) is 2.19. The van der Waals surface area contributed by atoms with Crippen LogP contribution < -0.4 is 5.32 Å². The SMILES string of the molecule is CCN1CC(C(=O)NCc2ccc(C)nc2)CC1=O. The number of nitrogens with one attached hydrogen (secondary N) is 1. The third-order valence-electron chi connectivity index (χ3n) is 3.41. The van der Waals surface area contributed by atoms with Crippen molar-refractivity contribution in [1.82, 2.24) is 15.2 Å². The van der Waals surface area contributed by atoms with E-state index in [9.17, 15) is 9.59 Å². The lowest BCUT2D eigenvalue weighted by Gasteiger charge is -2.13. The van der Waals surface area contributed by atoms with E-state index in [0.29, 0.717) is 26.1 Å². The Morgan fingerprint density at radius 3 is 2.89 bits per heavy atom. The summed E-state index contributed by atoms with van der Waals surface area (Å²) in [6, 6.07) is 3.86. The predicted octanol–water partition coefficient (Wildman–Crippen LogP) is 0.875. The number of hydrogen-bond acceptors (Lipinski definition) is 3. The van der Waals surface area contributed by atoms with Crippen LogP contribution in [0.25, 0.3) is 0 Å². The van der Waals surface area contributed by atoms with Gasteiger partial charge in [0.05, 0.1) is 5.92 Å². The molecule has 1 fully saturated rings. The summed E-state index contributed by atoms with van der Waals surface area (Å²) in [5, 5.41) is 2.87. The van der Waals surface area contributed by atoms with Gasteiger partial charge in [-0.25, -0.2) is 0 Å². The topological polar surface area (TPSA) is 62.3 Å². The lowest BCUT2D eigenvalue weighted by Crippen LogP contribution is -2.32. The average Bonchev–Trinajstić information content (AvgIpc) is 2.79. The van der Waals surface area contributed by atoms with E-state index in [1.807, 2.05) is 26.0 Å². The summed E-state index contributed by atoms with van der Waals surface area (Å²) in [6.45, 7) is 5.52. The molecule has 5 nitrogen and oxygen atoms in total. The lowest BCUT2D eigenvalue weighted by molar-refractivity contribution is -0.128. The highest BCUT2D eigenvalue weighted by Gasteiger charge is 2.33. The Labute approximate surface area is 113 Å². The number of carbonyl (C=O) groups excluding carboxylic acids is 2. The summed E-state index contributed by atoms with van der Waals surface area (Å²) >= 11 is 0. The Morgan fingerprint density at radius 2 is 2.32 bits per heavy atom. The molecule has 2 rings (SSSR count). The fourth-order valence-corrected chi connectivity index (χ4v) is 2.19. The van der Waals surface area contributed by atoms with Gasteiger partial charge in [-0.05, 0) is 25.5 Å². The van der Waals surface area contributed by atoms with Crippen molar-refractivity contribution in [3.63, 3.8) is 0 Å². The largest absolute Gasteiger partial charge is 0.352 e. The molecule has 0 bridgehead atoms. The second kappa shape index (κ2) is 5.82. The van der Waals surface area contributed by atoms with Crippen LogP contribution in [0.4, 0.5) is 0 Å². The fraction of sp³-hybridized carbons (Fsp3) is 0.500. The van der Waals surface area contributed by atoms with Crippen LogP contribution in [0.15, 0.2) is 18.3 Å². The van der Waals surface area contributed by atoms with Crippen molar-refractivity contribution in [2.45, 2.75) is 26.8 Å². The number of aryl methyl sites for hydroxylation is 1. The zero-order valence-electron chi connectivity index (χ0n) is 11.3. The lowest BCUT2D eigenvalue weighted by atomic mass is 10.1.